The molecule has 1 aliphatic rings. The summed E-state index contributed by atoms with van der Waals surface area (Å²) in [6.45, 7) is -0.421. The molecule has 1 fully saturated rings. The average molecular weight is 288 g/mol. The van der Waals surface area contributed by atoms with Crippen molar-refractivity contribution in [3.05, 3.63) is 23.0 Å². The second kappa shape index (κ2) is 5.25. The molecule has 0 radical (unpaired) electrons. The van der Waals surface area contributed by atoms with E-state index in [9.17, 15) is 15.0 Å². The molecule has 10 heteroatoms. The molecule has 0 saturated carbocycles. The van der Waals surface area contributed by atoms with Crippen molar-refractivity contribution in [3.63, 3.8) is 0 Å². The topological polar surface area (TPSA) is 133 Å². The Bertz CT molecular complexity index is 658. The van der Waals surface area contributed by atoms with Crippen LogP contribution in [-0.4, -0.2) is 59.8 Å². The Morgan fingerprint density at radius 1 is 1.35 bits per heavy atom. The van der Waals surface area contributed by atoms with Crippen LogP contribution in [0.25, 0.3) is 11.2 Å². The van der Waals surface area contributed by atoms with E-state index >= 15 is 0 Å². The van der Waals surface area contributed by atoms with Crippen LogP contribution in [0.1, 0.15) is 6.23 Å². The molecule has 0 aliphatic carbocycles. The second-order valence-electron chi connectivity index (χ2n) is 4.28. The predicted octanol–water partition coefficient (Wildman–Crippen LogP) is -2.12. The quantitative estimate of drug-likeness (QED) is 0.496. The van der Waals surface area contributed by atoms with Crippen LogP contribution in [0.2, 0.25) is 0 Å². The number of aromatic nitrogens is 4. The first-order valence-corrected chi connectivity index (χ1v) is 5.66. The number of halogens is 1. The van der Waals surface area contributed by atoms with Crippen LogP contribution < -0.4 is 5.56 Å². The third kappa shape index (κ3) is 1.98. The van der Waals surface area contributed by atoms with Gasteiger partial charge in [-0.3, -0.25) is 14.1 Å². The molecule has 20 heavy (non-hydrogen) atoms. The van der Waals surface area contributed by atoms with Gasteiger partial charge in [-0.15, -0.1) is 0 Å². The van der Waals surface area contributed by atoms with Gasteiger partial charge in [-0.1, -0.05) is 0 Å². The maximum Gasteiger partial charge on any atom is 0.278 e. The highest BCUT2D eigenvalue weighted by molar-refractivity contribution is 5.68. The zero-order valence-electron chi connectivity index (χ0n) is 10.1. The Morgan fingerprint density at radius 3 is 2.75 bits per heavy atom. The third-order valence-electron chi connectivity index (χ3n) is 3.16. The van der Waals surface area contributed by atoms with Crippen molar-refractivity contribution >= 4 is 11.2 Å². The minimum absolute atomic E-state index is 0. The number of rotatable bonds is 2. The number of aliphatic hydroxyl groups is 3. The Labute approximate surface area is 110 Å². The predicted molar refractivity (Wildman–Crippen MR) is 63.7 cm³/mol. The molecule has 2 aromatic heterocycles. The second-order valence-corrected chi connectivity index (χ2v) is 4.28. The molecule has 0 spiro atoms. The molecule has 0 amide bonds. The fraction of sp³-hybridized carbons (Fsp3) is 0.500. The average Bonchev–Trinajstić information content (AvgIpc) is 2.94. The summed E-state index contributed by atoms with van der Waals surface area (Å²) in [5.41, 5.74) is -0.0608. The van der Waals surface area contributed by atoms with E-state index in [4.69, 9.17) is 9.84 Å². The van der Waals surface area contributed by atoms with Crippen molar-refractivity contribution in [2.24, 2.45) is 0 Å². The summed E-state index contributed by atoms with van der Waals surface area (Å²) in [4.78, 5) is 21.8. The van der Waals surface area contributed by atoms with Crippen molar-refractivity contribution in [2.75, 3.05) is 6.61 Å². The number of H-pyrrole nitrogens is 1. The lowest BCUT2D eigenvalue weighted by Crippen LogP contribution is -2.33. The first kappa shape index (κ1) is 14.5. The molecular weight excluding hydrogens is 275 g/mol. The van der Waals surface area contributed by atoms with E-state index in [1.165, 1.54) is 17.2 Å². The van der Waals surface area contributed by atoms with Gasteiger partial charge < -0.3 is 25.0 Å². The van der Waals surface area contributed by atoms with Gasteiger partial charge in [0.25, 0.3) is 5.56 Å². The molecule has 3 heterocycles. The molecule has 1 aliphatic heterocycles. The van der Waals surface area contributed by atoms with E-state index in [0.29, 0.717) is 0 Å². The van der Waals surface area contributed by atoms with Gasteiger partial charge in [0, 0.05) is 0 Å². The number of nitrogens with one attached hydrogen (secondary N) is 1. The van der Waals surface area contributed by atoms with Gasteiger partial charge in [-0.05, 0) is 0 Å². The number of fused-ring (bicyclic) bond motifs is 1. The fourth-order valence-electron chi connectivity index (χ4n) is 2.16. The standard InChI is InChI=1S/C10H12N4O5.FH/c15-1-4-6(16)7(17)10(19-4)14-3-13-5-8(14)11-2-12-9(5)18;/h2-4,6-7,10,15-17H,1H2,(H,11,12,18);1H/t4-,6-,7-,10-;/m1./s1. The van der Waals surface area contributed by atoms with Gasteiger partial charge in [0.05, 0.1) is 19.3 Å². The van der Waals surface area contributed by atoms with Gasteiger partial charge in [0.15, 0.2) is 17.4 Å². The van der Waals surface area contributed by atoms with Crippen LogP contribution in [0.3, 0.4) is 0 Å². The largest absolute Gasteiger partial charge is 0.394 e. The van der Waals surface area contributed by atoms with Crippen LogP contribution in [0, 0.1) is 0 Å². The lowest BCUT2D eigenvalue weighted by molar-refractivity contribution is -0.0511. The third-order valence-corrected chi connectivity index (χ3v) is 3.16. The molecule has 1 saturated heterocycles. The molecule has 0 unspecified atom stereocenters. The summed E-state index contributed by atoms with van der Waals surface area (Å²) >= 11 is 0. The molecule has 0 aromatic carbocycles. The van der Waals surface area contributed by atoms with Crippen molar-refractivity contribution in [2.45, 2.75) is 24.5 Å². The van der Waals surface area contributed by atoms with Gasteiger partial charge in [0.1, 0.15) is 18.3 Å². The summed E-state index contributed by atoms with van der Waals surface area (Å²) in [5.74, 6) is 0. The first-order chi connectivity index (χ1) is 9.13. The number of aliphatic hydroxyl groups excluding tert-OH is 3. The maximum atomic E-state index is 11.5. The van der Waals surface area contributed by atoms with Gasteiger partial charge in [-0.2, -0.15) is 0 Å². The Kier molecular flexibility index (Phi) is 3.81. The smallest absolute Gasteiger partial charge is 0.278 e. The minimum atomic E-state index is -1.24. The zero-order valence-corrected chi connectivity index (χ0v) is 10.1. The van der Waals surface area contributed by atoms with E-state index < -0.39 is 36.7 Å². The maximum absolute atomic E-state index is 11.5. The zero-order chi connectivity index (χ0) is 13.6. The van der Waals surface area contributed by atoms with Crippen LogP contribution in [-0.2, 0) is 4.74 Å². The number of hydrogen-bond donors (Lipinski definition) is 4. The summed E-state index contributed by atoms with van der Waals surface area (Å²) in [6, 6.07) is 0. The lowest BCUT2D eigenvalue weighted by atomic mass is 10.1. The molecule has 0 bridgehead atoms. The minimum Gasteiger partial charge on any atom is -0.394 e. The van der Waals surface area contributed by atoms with E-state index in [2.05, 4.69) is 15.0 Å². The van der Waals surface area contributed by atoms with Crippen LogP contribution in [0.4, 0.5) is 4.70 Å². The van der Waals surface area contributed by atoms with E-state index in [1.807, 2.05) is 0 Å². The fourth-order valence-corrected chi connectivity index (χ4v) is 2.16. The number of nitrogens with zero attached hydrogens (tertiary/aromatic N) is 3. The highest BCUT2D eigenvalue weighted by atomic mass is 19.0. The van der Waals surface area contributed by atoms with Crippen LogP contribution >= 0.6 is 0 Å². The summed E-state index contributed by atoms with van der Waals surface area (Å²) in [6.07, 6.45) is -1.78. The van der Waals surface area contributed by atoms with Crippen molar-refractivity contribution < 1.29 is 24.8 Å². The van der Waals surface area contributed by atoms with Crippen molar-refractivity contribution in [1.82, 2.24) is 19.5 Å². The van der Waals surface area contributed by atoms with Crippen LogP contribution in [0.5, 0.6) is 0 Å². The lowest BCUT2D eigenvalue weighted by Gasteiger charge is -2.16. The van der Waals surface area contributed by atoms with Gasteiger partial charge >= 0.3 is 0 Å². The van der Waals surface area contributed by atoms with Crippen LogP contribution in [0.15, 0.2) is 17.4 Å². The van der Waals surface area contributed by atoms with E-state index in [-0.39, 0.29) is 15.9 Å². The van der Waals surface area contributed by atoms with Gasteiger partial charge in [0.2, 0.25) is 0 Å². The highest BCUT2D eigenvalue weighted by Crippen LogP contribution is 2.30. The number of hydrogen-bond acceptors (Lipinski definition) is 7. The molecule has 2 aromatic rings. The molecule has 4 atom stereocenters. The summed E-state index contributed by atoms with van der Waals surface area (Å²) in [5, 5.41) is 28.6. The normalized spacial score (nSPS) is 29.6. The number of imidazole rings is 1. The Hall–Kier alpha value is -1.88. The van der Waals surface area contributed by atoms with E-state index in [0.717, 1.165) is 0 Å². The first-order valence-electron chi connectivity index (χ1n) is 5.66. The molecular formula is C10H13FN4O5. The molecule has 110 valence electrons. The molecule has 9 nitrogen and oxygen atoms in total. The summed E-state index contributed by atoms with van der Waals surface area (Å²) in [7, 11) is 0. The Morgan fingerprint density at radius 2 is 2.10 bits per heavy atom. The SMILES string of the molecule is F.O=c1[nH]cnc2c1ncn2[C@@H]1O[C@H](CO)[C@@H](O)[C@H]1O. The molecule has 4 N–H and O–H groups in total. The summed E-state index contributed by atoms with van der Waals surface area (Å²) < 4.78 is 6.70. The monoisotopic (exact) mass is 288 g/mol. The Balaban J connectivity index is 0.00000147. The number of aromatic amines is 1. The van der Waals surface area contributed by atoms with Crippen molar-refractivity contribution in [1.29, 1.82) is 0 Å². The number of ether oxygens (including phenoxy) is 1. The highest BCUT2D eigenvalue weighted by Gasteiger charge is 2.43. The van der Waals surface area contributed by atoms with Gasteiger partial charge in [-0.25, -0.2) is 9.97 Å². The van der Waals surface area contributed by atoms with Crippen molar-refractivity contribution in [3.8, 4) is 0 Å². The van der Waals surface area contributed by atoms with E-state index in [1.54, 1.807) is 0 Å². The molecule has 3 rings (SSSR count).